The van der Waals surface area contributed by atoms with E-state index in [0.29, 0.717) is 21.6 Å². The number of tetrazole rings is 1. The van der Waals surface area contributed by atoms with Crippen molar-refractivity contribution in [3.05, 3.63) is 52.5 Å². The minimum Gasteiger partial charge on any atom is -0.399 e. The van der Waals surface area contributed by atoms with Crippen LogP contribution in [0, 0.1) is 0 Å². The van der Waals surface area contributed by atoms with Gasteiger partial charge in [0.25, 0.3) is 0 Å². The molecule has 2 aromatic carbocycles. The average molecular weight is 306 g/mol. The molecule has 0 aliphatic heterocycles. The van der Waals surface area contributed by atoms with Crippen molar-refractivity contribution in [1.29, 1.82) is 0 Å². The number of halogens is 2. The van der Waals surface area contributed by atoms with Crippen molar-refractivity contribution < 1.29 is 0 Å². The summed E-state index contributed by atoms with van der Waals surface area (Å²) in [7, 11) is 0. The van der Waals surface area contributed by atoms with E-state index in [1.165, 1.54) is 0 Å². The molecule has 7 heteroatoms. The summed E-state index contributed by atoms with van der Waals surface area (Å²) in [4.78, 5) is 0. The van der Waals surface area contributed by atoms with Crippen LogP contribution in [-0.4, -0.2) is 20.2 Å². The Labute approximate surface area is 124 Å². The summed E-state index contributed by atoms with van der Waals surface area (Å²) in [6, 6.07) is 12.5. The van der Waals surface area contributed by atoms with Crippen molar-refractivity contribution in [2.24, 2.45) is 0 Å². The van der Waals surface area contributed by atoms with Crippen molar-refractivity contribution in [3.63, 3.8) is 0 Å². The molecule has 0 saturated heterocycles. The Bertz CT molecular complexity index is 769. The highest BCUT2D eigenvalue weighted by atomic mass is 35.5. The van der Waals surface area contributed by atoms with E-state index in [1.807, 2.05) is 12.1 Å². The van der Waals surface area contributed by atoms with Gasteiger partial charge in [-0.2, -0.15) is 4.68 Å². The van der Waals surface area contributed by atoms with E-state index in [2.05, 4.69) is 15.5 Å². The van der Waals surface area contributed by atoms with Gasteiger partial charge in [0.1, 0.15) is 0 Å². The third-order valence-electron chi connectivity index (χ3n) is 2.76. The Hall–Kier alpha value is -2.11. The molecule has 3 aromatic rings. The van der Waals surface area contributed by atoms with E-state index in [0.717, 1.165) is 11.3 Å². The van der Waals surface area contributed by atoms with Gasteiger partial charge >= 0.3 is 0 Å². The number of aromatic nitrogens is 4. The van der Waals surface area contributed by atoms with E-state index in [-0.39, 0.29) is 0 Å². The quantitative estimate of drug-likeness (QED) is 0.738. The Balaban J connectivity index is 2.12. The molecular weight excluding hydrogens is 297 g/mol. The van der Waals surface area contributed by atoms with E-state index >= 15 is 0 Å². The average Bonchev–Trinajstić information content (AvgIpc) is 2.91. The fourth-order valence-electron chi connectivity index (χ4n) is 1.84. The second kappa shape index (κ2) is 5.11. The summed E-state index contributed by atoms with van der Waals surface area (Å²) in [5.74, 6) is 0.579. The molecule has 5 nitrogen and oxygen atoms in total. The fraction of sp³-hybridized carbons (Fsp3) is 0. The van der Waals surface area contributed by atoms with Crippen molar-refractivity contribution in [1.82, 2.24) is 20.2 Å². The number of benzene rings is 2. The van der Waals surface area contributed by atoms with Crippen LogP contribution in [0.15, 0.2) is 42.5 Å². The molecule has 0 atom stereocenters. The highest BCUT2D eigenvalue weighted by Crippen LogP contribution is 2.26. The molecule has 0 spiro atoms. The van der Waals surface area contributed by atoms with E-state index < -0.39 is 0 Å². The van der Waals surface area contributed by atoms with E-state index in [1.54, 1.807) is 35.0 Å². The van der Waals surface area contributed by atoms with Crippen molar-refractivity contribution in [3.8, 4) is 17.1 Å². The Morgan fingerprint density at radius 2 is 1.85 bits per heavy atom. The van der Waals surface area contributed by atoms with Gasteiger partial charge in [0.15, 0.2) is 5.82 Å². The number of rotatable bonds is 2. The molecule has 0 fully saturated rings. The number of nitrogen functional groups attached to an aromatic ring is 1. The van der Waals surface area contributed by atoms with Crippen LogP contribution in [0.3, 0.4) is 0 Å². The maximum Gasteiger partial charge on any atom is 0.187 e. The van der Waals surface area contributed by atoms with Crippen LogP contribution in [0.25, 0.3) is 17.1 Å². The molecule has 0 aliphatic carbocycles. The van der Waals surface area contributed by atoms with Crippen LogP contribution in [0.2, 0.25) is 10.0 Å². The first-order valence-electron chi connectivity index (χ1n) is 5.75. The summed E-state index contributed by atoms with van der Waals surface area (Å²) in [6.45, 7) is 0. The lowest BCUT2D eigenvalue weighted by Crippen LogP contribution is -2.00. The summed E-state index contributed by atoms with van der Waals surface area (Å²) in [5.41, 5.74) is 7.97. The van der Waals surface area contributed by atoms with Crippen molar-refractivity contribution >= 4 is 28.9 Å². The first kappa shape index (κ1) is 12.9. The van der Waals surface area contributed by atoms with Crippen LogP contribution in [0.4, 0.5) is 5.69 Å². The molecule has 2 N–H and O–H groups in total. The Morgan fingerprint density at radius 3 is 2.60 bits per heavy atom. The number of nitrogens with zero attached hydrogens (tertiary/aromatic N) is 4. The zero-order valence-electron chi connectivity index (χ0n) is 10.2. The van der Waals surface area contributed by atoms with Gasteiger partial charge in [-0.3, -0.25) is 0 Å². The number of hydrogen-bond acceptors (Lipinski definition) is 4. The van der Waals surface area contributed by atoms with Crippen LogP contribution >= 0.6 is 23.2 Å². The topological polar surface area (TPSA) is 69.6 Å². The molecular formula is C13H9Cl2N5. The number of nitrogens with two attached hydrogens (primary N) is 1. The van der Waals surface area contributed by atoms with Gasteiger partial charge in [0.05, 0.1) is 15.7 Å². The lowest BCUT2D eigenvalue weighted by atomic mass is 10.2. The second-order valence-corrected chi connectivity index (χ2v) is 4.95. The zero-order valence-corrected chi connectivity index (χ0v) is 11.7. The van der Waals surface area contributed by atoms with Crippen molar-refractivity contribution in [2.75, 3.05) is 5.73 Å². The van der Waals surface area contributed by atoms with E-state index in [9.17, 15) is 0 Å². The minimum atomic E-state index is 0.443. The van der Waals surface area contributed by atoms with Crippen LogP contribution in [0.1, 0.15) is 0 Å². The van der Waals surface area contributed by atoms with E-state index in [4.69, 9.17) is 28.9 Å². The molecule has 20 heavy (non-hydrogen) atoms. The van der Waals surface area contributed by atoms with Gasteiger partial charge in [0, 0.05) is 11.3 Å². The summed E-state index contributed by atoms with van der Waals surface area (Å²) in [6.07, 6.45) is 0. The van der Waals surface area contributed by atoms with Gasteiger partial charge in [-0.15, -0.1) is 5.10 Å². The molecule has 0 saturated carbocycles. The molecule has 0 aliphatic rings. The summed E-state index contributed by atoms with van der Waals surface area (Å²) >= 11 is 11.9. The van der Waals surface area contributed by atoms with Crippen LogP contribution in [0.5, 0.6) is 0 Å². The SMILES string of the molecule is Nc1cccc(-c2nnnn2-c2ccc(Cl)c(Cl)c2)c1. The standard InChI is InChI=1S/C13H9Cl2N5/c14-11-5-4-10(7-12(11)15)20-13(17-18-19-20)8-2-1-3-9(16)6-8/h1-7H,16H2. The van der Waals surface area contributed by atoms with Crippen LogP contribution < -0.4 is 5.73 Å². The van der Waals surface area contributed by atoms with Crippen LogP contribution in [-0.2, 0) is 0 Å². The monoisotopic (exact) mass is 305 g/mol. The fourth-order valence-corrected chi connectivity index (χ4v) is 2.13. The third kappa shape index (κ3) is 2.33. The summed E-state index contributed by atoms with van der Waals surface area (Å²) in [5, 5.41) is 12.6. The molecule has 0 bridgehead atoms. The maximum absolute atomic E-state index is 6.02. The molecule has 0 unspecified atom stereocenters. The molecule has 0 amide bonds. The maximum atomic E-state index is 6.02. The highest BCUT2D eigenvalue weighted by molar-refractivity contribution is 6.42. The number of hydrogen-bond donors (Lipinski definition) is 1. The van der Waals surface area contributed by atoms with Gasteiger partial charge < -0.3 is 5.73 Å². The molecule has 100 valence electrons. The van der Waals surface area contributed by atoms with Gasteiger partial charge in [-0.05, 0) is 40.8 Å². The lowest BCUT2D eigenvalue weighted by Gasteiger charge is -2.06. The second-order valence-electron chi connectivity index (χ2n) is 4.14. The van der Waals surface area contributed by atoms with Gasteiger partial charge in [-0.25, -0.2) is 0 Å². The normalized spacial score (nSPS) is 10.7. The zero-order chi connectivity index (χ0) is 14.1. The largest absolute Gasteiger partial charge is 0.399 e. The minimum absolute atomic E-state index is 0.443. The number of anilines is 1. The third-order valence-corrected chi connectivity index (χ3v) is 3.50. The molecule has 1 heterocycles. The summed E-state index contributed by atoms with van der Waals surface area (Å²) < 4.78 is 1.58. The van der Waals surface area contributed by atoms with Gasteiger partial charge in [0.2, 0.25) is 0 Å². The Morgan fingerprint density at radius 1 is 1.00 bits per heavy atom. The lowest BCUT2D eigenvalue weighted by molar-refractivity contribution is 0.791. The molecule has 3 rings (SSSR count). The van der Waals surface area contributed by atoms with Gasteiger partial charge in [-0.1, -0.05) is 35.3 Å². The van der Waals surface area contributed by atoms with Crippen molar-refractivity contribution in [2.45, 2.75) is 0 Å². The highest BCUT2D eigenvalue weighted by Gasteiger charge is 2.12. The molecule has 0 radical (unpaired) electrons. The first-order chi connectivity index (χ1) is 9.65. The first-order valence-corrected chi connectivity index (χ1v) is 6.50. The predicted octanol–water partition coefficient (Wildman–Crippen LogP) is 3.22. The Kier molecular flexibility index (Phi) is 3.30. The smallest absolute Gasteiger partial charge is 0.187 e. The molecule has 1 aromatic heterocycles. The predicted molar refractivity (Wildman–Crippen MR) is 79.0 cm³/mol.